The molecule has 3 heterocycles. The molecule has 0 saturated heterocycles. The van der Waals surface area contributed by atoms with Crippen molar-refractivity contribution in [3.8, 4) is 5.69 Å². The predicted octanol–water partition coefficient (Wildman–Crippen LogP) is 2.31. The van der Waals surface area contributed by atoms with Crippen molar-refractivity contribution in [3.05, 3.63) is 88.1 Å². The third-order valence-electron chi connectivity index (χ3n) is 7.13. The Labute approximate surface area is 245 Å². The summed E-state index contributed by atoms with van der Waals surface area (Å²) in [5.74, 6) is -1.34. The van der Waals surface area contributed by atoms with Gasteiger partial charge in [-0.3, -0.25) is 32.8 Å². The second-order valence-electron chi connectivity index (χ2n) is 9.98. The third kappa shape index (κ3) is 4.61. The molecule has 4 aromatic rings. The van der Waals surface area contributed by atoms with Gasteiger partial charge in [-0.25, -0.2) is 13.9 Å². The zero-order valence-electron chi connectivity index (χ0n) is 21.6. The number of rotatable bonds is 4. The number of pyridine rings is 1. The number of hydrogen-bond acceptors (Lipinski definition) is 7. The Bertz CT molecular complexity index is 2120. The Morgan fingerprint density at radius 1 is 1.02 bits per heavy atom. The Morgan fingerprint density at radius 3 is 2.44 bits per heavy atom. The van der Waals surface area contributed by atoms with Gasteiger partial charge in [0.15, 0.2) is 0 Å². The molecule has 212 valence electrons. The number of halogens is 2. The summed E-state index contributed by atoms with van der Waals surface area (Å²) < 4.78 is 47.9. The van der Waals surface area contributed by atoms with E-state index in [4.69, 9.17) is 0 Å². The van der Waals surface area contributed by atoms with Crippen LogP contribution in [0, 0.1) is 16.3 Å². The van der Waals surface area contributed by atoms with Gasteiger partial charge in [0.05, 0.1) is 29.0 Å². The van der Waals surface area contributed by atoms with Gasteiger partial charge in [0, 0.05) is 22.2 Å². The summed E-state index contributed by atoms with van der Waals surface area (Å²) >= 11 is 1.96. The zero-order chi connectivity index (χ0) is 29.4. The van der Waals surface area contributed by atoms with Crippen LogP contribution in [-0.4, -0.2) is 28.0 Å². The lowest BCUT2D eigenvalue weighted by molar-refractivity contribution is -0.118. The molecular formula is C26H22FIN6O6S. The van der Waals surface area contributed by atoms with E-state index in [0.717, 1.165) is 4.57 Å². The highest BCUT2D eigenvalue weighted by molar-refractivity contribution is 14.1. The van der Waals surface area contributed by atoms with Gasteiger partial charge in [-0.15, -0.1) is 0 Å². The number of anilines is 3. The Kier molecular flexibility index (Phi) is 6.33. The molecule has 3 N–H and O–H groups in total. The number of nitrogens with zero attached hydrogens (tertiary/aromatic N) is 3. The molecule has 12 nitrogen and oxygen atoms in total. The van der Waals surface area contributed by atoms with E-state index in [0.29, 0.717) is 22.0 Å². The maximum absolute atomic E-state index is 14.9. The lowest BCUT2D eigenvalue weighted by atomic mass is 10.1. The van der Waals surface area contributed by atoms with Crippen LogP contribution in [0.5, 0.6) is 0 Å². The standard InChI is InChI=1S/C26H22FIN6O6S/c1-12-22-21(23(32(2)24(12)36)29-18-8-4-14(28)10-17(18)27)25(37)34(15-6-7-15)26(38)33(22)16-5-3-13-9-20(35)31-41(39,40)30-19(13)11-16/h3-5,8,10-11,15,29-30H,6-7,9H2,1-2H3,(H,31,35). The molecule has 1 fully saturated rings. The molecule has 0 bridgehead atoms. The largest absolute Gasteiger partial charge is 0.338 e. The number of carbonyl (C=O) groups is 1. The molecule has 2 aromatic carbocycles. The van der Waals surface area contributed by atoms with Crippen LogP contribution in [0.1, 0.15) is 30.0 Å². The molecule has 1 amide bonds. The van der Waals surface area contributed by atoms with E-state index in [1.54, 1.807) is 6.07 Å². The molecule has 0 unspecified atom stereocenters. The van der Waals surface area contributed by atoms with Crippen LogP contribution < -0.4 is 31.6 Å². The number of benzene rings is 2. The van der Waals surface area contributed by atoms with Crippen LogP contribution in [0.25, 0.3) is 16.6 Å². The first-order valence-electron chi connectivity index (χ1n) is 12.5. The summed E-state index contributed by atoms with van der Waals surface area (Å²) in [6.45, 7) is 1.48. The molecule has 2 aromatic heterocycles. The molecule has 1 saturated carbocycles. The topological polar surface area (TPSA) is 153 Å². The van der Waals surface area contributed by atoms with E-state index in [1.165, 1.54) is 53.4 Å². The number of amides is 1. The molecule has 0 atom stereocenters. The predicted molar refractivity (Wildman–Crippen MR) is 159 cm³/mol. The van der Waals surface area contributed by atoms with Crippen molar-refractivity contribution in [2.45, 2.75) is 32.2 Å². The Morgan fingerprint density at radius 2 is 1.76 bits per heavy atom. The number of aryl methyl sites for hydroxylation is 1. The van der Waals surface area contributed by atoms with E-state index in [-0.39, 0.29) is 51.8 Å². The fourth-order valence-electron chi connectivity index (χ4n) is 5.06. The summed E-state index contributed by atoms with van der Waals surface area (Å²) in [5.41, 5.74) is -1.19. The van der Waals surface area contributed by atoms with Gasteiger partial charge in [-0.2, -0.15) is 8.42 Å². The number of hydrogen-bond donors (Lipinski definition) is 3. The van der Waals surface area contributed by atoms with E-state index in [9.17, 15) is 32.0 Å². The van der Waals surface area contributed by atoms with Crippen molar-refractivity contribution in [2.24, 2.45) is 7.05 Å². The highest BCUT2D eigenvalue weighted by Gasteiger charge is 2.32. The molecule has 41 heavy (non-hydrogen) atoms. The molecule has 6 rings (SSSR count). The maximum Gasteiger partial charge on any atom is 0.336 e. The van der Waals surface area contributed by atoms with E-state index in [2.05, 4.69) is 10.0 Å². The Hall–Kier alpha value is -3.99. The van der Waals surface area contributed by atoms with Gasteiger partial charge in [-0.05, 0) is 78.3 Å². The Balaban J connectivity index is 1.70. The number of nitrogens with one attached hydrogen (secondary N) is 3. The molecule has 0 radical (unpaired) electrons. The third-order valence-corrected chi connectivity index (χ3v) is 8.79. The van der Waals surface area contributed by atoms with Gasteiger partial charge in [0.1, 0.15) is 17.0 Å². The average molecular weight is 692 g/mol. The fourth-order valence-corrected chi connectivity index (χ4v) is 6.41. The lowest BCUT2D eigenvalue weighted by Crippen LogP contribution is -2.41. The number of carbonyl (C=O) groups excluding carboxylic acids is 1. The van der Waals surface area contributed by atoms with Crippen molar-refractivity contribution in [2.75, 3.05) is 10.0 Å². The van der Waals surface area contributed by atoms with Crippen molar-refractivity contribution in [3.63, 3.8) is 0 Å². The minimum absolute atomic E-state index is 0.000879. The molecule has 1 aliphatic carbocycles. The van der Waals surface area contributed by atoms with Crippen LogP contribution in [0.3, 0.4) is 0 Å². The smallest absolute Gasteiger partial charge is 0.336 e. The highest BCUT2D eigenvalue weighted by atomic mass is 127. The van der Waals surface area contributed by atoms with Crippen LogP contribution in [0.2, 0.25) is 0 Å². The zero-order valence-corrected chi connectivity index (χ0v) is 24.6. The lowest BCUT2D eigenvalue weighted by Gasteiger charge is -2.21. The average Bonchev–Trinajstić information content (AvgIpc) is 3.73. The molecular weight excluding hydrogens is 670 g/mol. The van der Waals surface area contributed by atoms with E-state index < -0.39 is 38.7 Å². The first kappa shape index (κ1) is 27.2. The summed E-state index contributed by atoms with van der Waals surface area (Å²) in [6, 6.07) is 8.46. The summed E-state index contributed by atoms with van der Waals surface area (Å²) in [5, 5.41) is 2.88. The molecule has 1 aliphatic heterocycles. The minimum Gasteiger partial charge on any atom is -0.338 e. The van der Waals surface area contributed by atoms with Crippen LogP contribution in [0.4, 0.5) is 21.6 Å². The summed E-state index contributed by atoms with van der Waals surface area (Å²) in [6.07, 6.45) is 0.962. The molecule has 2 aliphatic rings. The van der Waals surface area contributed by atoms with Gasteiger partial charge in [0.2, 0.25) is 5.91 Å². The van der Waals surface area contributed by atoms with Gasteiger partial charge >= 0.3 is 15.9 Å². The SMILES string of the molecule is Cc1c(=O)n(C)c(Nc2ccc(I)cc2F)c2c(=O)n(C3CC3)c(=O)n(-c3ccc4c(c3)NS(=O)(=O)NC(=O)C4)c12. The monoisotopic (exact) mass is 692 g/mol. The minimum atomic E-state index is -4.21. The van der Waals surface area contributed by atoms with Crippen molar-refractivity contribution in [1.82, 2.24) is 18.4 Å². The normalized spacial score (nSPS) is 16.0. The van der Waals surface area contributed by atoms with Crippen LogP contribution in [0.15, 0.2) is 50.8 Å². The highest BCUT2D eigenvalue weighted by Crippen LogP contribution is 2.34. The fraction of sp³-hybridized carbons (Fsp3) is 0.231. The summed E-state index contributed by atoms with van der Waals surface area (Å²) in [4.78, 5) is 53.4. The maximum atomic E-state index is 14.9. The quantitative estimate of drug-likeness (QED) is 0.278. The van der Waals surface area contributed by atoms with Gasteiger partial charge in [0.25, 0.3) is 11.1 Å². The van der Waals surface area contributed by atoms with Crippen molar-refractivity contribution >= 4 is 66.8 Å². The molecule has 0 spiro atoms. The first-order valence-corrected chi connectivity index (χ1v) is 15.0. The van der Waals surface area contributed by atoms with E-state index in [1.807, 2.05) is 27.3 Å². The summed E-state index contributed by atoms with van der Waals surface area (Å²) in [7, 11) is -2.77. The van der Waals surface area contributed by atoms with Crippen LogP contribution in [-0.2, 0) is 28.5 Å². The number of aromatic nitrogens is 3. The van der Waals surface area contributed by atoms with Gasteiger partial charge in [-0.1, -0.05) is 6.07 Å². The second-order valence-corrected chi connectivity index (χ2v) is 12.6. The second kappa shape index (κ2) is 9.54. The van der Waals surface area contributed by atoms with E-state index >= 15 is 0 Å². The first-order chi connectivity index (χ1) is 19.4. The van der Waals surface area contributed by atoms with Crippen LogP contribution >= 0.6 is 22.6 Å². The van der Waals surface area contributed by atoms with Crippen molar-refractivity contribution in [1.29, 1.82) is 0 Å². The molecule has 15 heteroatoms. The number of fused-ring (bicyclic) bond motifs is 2. The van der Waals surface area contributed by atoms with Gasteiger partial charge < -0.3 is 5.32 Å². The van der Waals surface area contributed by atoms with Crippen molar-refractivity contribution < 1.29 is 17.6 Å².